The number of fused-ring (bicyclic) bond motifs is 2. The summed E-state index contributed by atoms with van der Waals surface area (Å²) in [6.45, 7) is 0. The lowest BCUT2D eigenvalue weighted by Gasteiger charge is -2.05. The van der Waals surface area contributed by atoms with Crippen LogP contribution in [-0.2, 0) is 0 Å². The van der Waals surface area contributed by atoms with Crippen LogP contribution in [-0.4, -0.2) is 22.2 Å². The van der Waals surface area contributed by atoms with Gasteiger partial charge in [-0.1, -0.05) is 54.6 Å². The fraction of sp³-hybridized carbons (Fsp3) is 0. The number of aromatic nitrogens is 1. The molecule has 0 aliphatic carbocycles. The van der Waals surface area contributed by atoms with Crippen molar-refractivity contribution in [3.8, 4) is 5.75 Å². The van der Waals surface area contributed by atoms with Crippen molar-refractivity contribution in [3.63, 3.8) is 0 Å². The number of rotatable bonds is 3. The first-order chi connectivity index (χ1) is 12.7. The Morgan fingerprint density at radius 2 is 1.65 bits per heavy atom. The molecule has 1 amide bonds. The van der Waals surface area contributed by atoms with E-state index in [0.717, 1.165) is 21.7 Å². The smallest absolute Gasteiger partial charge is 0.289 e. The molecule has 0 radical (unpaired) electrons. The highest BCUT2D eigenvalue weighted by Gasteiger charge is 2.08. The van der Waals surface area contributed by atoms with E-state index in [1.807, 2.05) is 60.7 Å². The Morgan fingerprint density at radius 1 is 0.923 bits per heavy atom. The number of phenols is 1. The van der Waals surface area contributed by atoms with E-state index in [1.54, 1.807) is 12.1 Å². The van der Waals surface area contributed by atoms with Crippen LogP contribution < -0.4 is 5.43 Å². The van der Waals surface area contributed by atoms with Crippen LogP contribution in [0.2, 0.25) is 0 Å². The van der Waals surface area contributed by atoms with Gasteiger partial charge < -0.3 is 5.11 Å². The lowest BCUT2D eigenvalue weighted by Crippen LogP contribution is -2.19. The molecule has 1 heterocycles. The average Bonchev–Trinajstić information content (AvgIpc) is 2.69. The molecule has 0 aliphatic heterocycles. The monoisotopic (exact) mass is 341 g/mol. The van der Waals surface area contributed by atoms with Crippen molar-refractivity contribution in [2.24, 2.45) is 5.10 Å². The summed E-state index contributed by atoms with van der Waals surface area (Å²) in [5.41, 5.74) is 4.04. The number of nitrogens with zero attached hydrogens (tertiary/aromatic N) is 2. The van der Waals surface area contributed by atoms with Crippen LogP contribution >= 0.6 is 0 Å². The highest BCUT2D eigenvalue weighted by molar-refractivity contribution is 6.03. The standard InChI is InChI=1S/C21H15N3O2/c25-20-12-10-14-5-1-3-7-16(14)17(20)13-22-24-21(26)19-11-9-15-6-2-4-8-18(15)23-19/h1-13,25H,(H,24,26). The zero-order chi connectivity index (χ0) is 17.9. The fourth-order valence-corrected chi connectivity index (χ4v) is 2.82. The third-order valence-corrected chi connectivity index (χ3v) is 4.14. The molecule has 4 rings (SSSR count). The van der Waals surface area contributed by atoms with Gasteiger partial charge in [-0.3, -0.25) is 4.79 Å². The van der Waals surface area contributed by atoms with Gasteiger partial charge in [-0.2, -0.15) is 5.10 Å². The van der Waals surface area contributed by atoms with Gasteiger partial charge in [0.05, 0.1) is 11.7 Å². The Morgan fingerprint density at radius 3 is 2.54 bits per heavy atom. The minimum absolute atomic E-state index is 0.102. The van der Waals surface area contributed by atoms with Crippen LogP contribution in [0.4, 0.5) is 0 Å². The molecular weight excluding hydrogens is 326 g/mol. The highest BCUT2D eigenvalue weighted by atomic mass is 16.3. The molecule has 0 saturated carbocycles. The minimum Gasteiger partial charge on any atom is -0.507 e. The van der Waals surface area contributed by atoms with Crippen molar-refractivity contribution < 1.29 is 9.90 Å². The summed E-state index contributed by atoms with van der Waals surface area (Å²) in [6, 6.07) is 22.2. The zero-order valence-electron chi connectivity index (χ0n) is 13.8. The van der Waals surface area contributed by atoms with Gasteiger partial charge >= 0.3 is 0 Å². The predicted octanol–water partition coefficient (Wildman–Crippen LogP) is 3.86. The molecule has 0 fully saturated rings. The Kier molecular flexibility index (Phi) is 4.03. The summed E-state index contributed by atoms with van der Waals surface area (Å²) in [4.78, 5) is 16.6. The number of carbonyl (C=O) groups excluding carboxylic acids is 1. The third kappa shape index (κ3) is 2.98. The Hall–Kier alpha value is -3.73. The number of hydrogen-bond donors (Lipinski definition) is 2. The molecule has 1 aromatic heterocycles. The topological polar surface area (TPSA) is 74.6 Å². The second kappa shape index (κ2) is 6.64. The molecule has 0 saturated heterocycles. The molecule has 0 spiro atoms. The van der Waals surface area contributed by atoms with Crippen LogP contribution in [0.3, 0.4) is 0 Å². The maximum absolute atomic E-state index is 12.3. The number of aromatic hydroxyl groups is 1. The van der Waals surface area contributed by atoms with Crippen LogP contribution in [0.25, 0.3) is 21.7 Å². The van der Waals surface area contributed by atoms with Gasteiger partial charge in [0.1, 0.15) is 11.4 Å². The zero-order valence-corrected chi connectivity index (χ0v) is 13.8. The van der Waals surface area contributed by atoms with E-state index in [0.29, 0.717) is 5.56 Å². The van der Waals surface area contributed by atoms with Gasteiger partial charge in [0.15, 0.2) is 0 Å². The van der Waals surface area contributed by atoms with Crippen LogP contribution in [0, 0.1) is 0 Å². The van der Waals surface area contributed by atoms with Gasteiger partial charge in [0, 0.05) is 10.9 Å². The normalized spacial score (nSPS) is 11.2. The van der Waals surface area contributed by atoms with Crippen molar-refractivity contribution in [2.75, 3.05) is 0 Å². The number of hydrazone groups is 1. The first kappa shape index (κ1) is 15.8. The minimum atomic E-state index is -0.410. The molecule has 5 nitrogen and oxygen atoms in total. The summed E-state index contributed by atoms with van der Waals surface area (Å²) in [5.74, 6) is -0.308. The summed E-state index contributed by atoms with van der Waals surface area (Å²) in [6.07, 6.45) is 1.44. The Labute approximate surface area is 149 Å². The van der Waals surface area contributed by atoms with Crippen molar-refractivity contribution in [1.82, 2.24) is 10.4 Å². The average molecular weight is 341 g/mol. The van der Waals surface area contributed by atoms with E-state index in [2.05, 4.69) is 15.5 Å². The van der Waals surface area contributed by atoms with Crippen LogP contribution in [0.1, 0.15) is 16.1 Å². The maximum atomic E-state index is 12.3. The van der Waals surface area contributed by atoms with E-state index in [-0.39, 0.29) is 11.4 Å². The first-order valence-electron chi connectivity index (χ1n) is 8.12. The number of hydrogen-bond acceptors (Lipinski definition) is 4. The SMILES string of the molecule is O=C(NN=Cc1c(O)ccc2ccccc12)c1ccc2ccccc2n1. The largest absolute Gasteiger partial charge is 0.507 e. The maximum Gasteiger partial charge on any atom is 0.289 e. The molecule has 2 N–H and O–H groups in total. The summed E-state index contributed by atoms with van der Waals surface area (Å²) in [7, 11) is 0. The van der Waals surface area contributed by atoms with E-state index >= 15 is 0 Å². The van der Waals surface area contributed by atoms with Gasteiger partial charge in [-0.05, 0) is 29.0 Å². The molecule has 126 valence electrons. The molecule has 0 aliphatic rings. The van der Waals surface area contributed by atoms with Crippen LogP contribution in [0.5, 0.6) is 5.75 Å². The summed E-state index contributed by atoms with van der Waals surface area (Å²) >= 11 is 0. The molecule has 26 heavy (non-hydrogen) atoms. The summed E-state index contributed by atoms with van der Waals surface area (Å²) in [5, 5.41) is 16.9. The fourth-order valence-electron chi connectivity index (χ4n) is 2.82. The quantitative estimate of drug-likeness (QED) is 0.439. The number of carbonyl (C=O) groups is 1. The lowest BCUT2D eigenvalue weighted by molar-refractivity contribution is 0.0950. The molecular formula is C21H15N3O2. The summed E-state index contributed by atoms with van der Waals surface area (Å²) < 4.78 is 0. The number of benzene rings is 3. The van der Waals surface area contributed by atoms with Gasteiger partial charge in [-0.25, -0.2) is 10.4 Å². The first-order valence-corrected chi connectivity index (χ1v) is 8.12. The highest BCUT2D eigenvalue weighted by Crippen LogP contribution is 2.25. The van der Waals surface area contributed by atoms with Gasteiger partial charge in [0.25, 0.3) is 5.91 Å². The van der Waals surface area contributed by atoms with Gasteiger partial charge in [0.2, 0.25) is 0 Å². The molecule has 0 unspecified atom stereocenters. The molecule has 0 bridgehead atoms. The van der Waals surface area contributed by atoms with Gasteiger partial charge in [-0.15, -0.1) is 0 Å². The number of nitrogens with one attached hydrogen (secondary N) is 1. The lowest BCUT2D eigenvalue weighted by atomic mass is 10.0. The number of pyridine rings is 1. The Bertz CT molecular complexity index is 1150. The number of para-hydroxylation sites is 1. The third-order valence-electron chi connectivity index (χ3n) is 4.14. The van der Waals surface area contributed by atoms with Crippen molar-refractivity contribution in [2.45, 2.75) is 0 Å². The second-order valence-corrected chi connectivity index (χ2v) is 5.81. The van der Waals surface area contributed by atoms with Crippen LogP contribution in [0.15, 0.2) is 77.9 Å². The van der Waals surface area contributed by atoms with Crippen molar-refractivity contribution in [1.29, 1.82) is 0 Å². The Balaban J connectivity index is 1.58. The molecule has 5 heteroatoms. The second-order valence-electron chi connectivity index (χ2n) is 5.81. The molecule has 4 aromatic rings. The molecule has 0 atom stereocenters. The van der Waals surface area contributed by atoms with E-state index < -0.39 is 5.91 Å². The van der Waals surface area contributed by atoms with Crippen molar-refractivity contribution in [3.05, 3.63) is 84.1 Å². The molecule has 3 aromatic carbocycles. The van der Waals surface area contributed by atoms with E-state index in [1.165, 1.54) is 6.21 Å². The number of phenolic OH excluding ortho intramolecular Hbond substituents is 1. The number of amides is 1. The van der Waals surface area contributed by atoms with E-state index in [4.69, 9.17) is 0 Å². The predicted molar refractivity (Wildman–Crippen MR) is 102 cm³/mol. The van der Waals surface area contributed by atoms with E-state index in [9.17, 15) is 9.90 Å². The van der Waals surface area contributed by atoms with Crippen molar-refractivity contribution >= 4 is 33.8 Å².